The molecule has 0 N–H and O–H groups in total. The van der Waals surface area contributed by atoms with Crippen molar-refractivity contribution in [1.82, 2.24) is 4.98 Å². The molecule has 15 heavy (non-hydrogen) atoms. The molecule has 76 valence electrons. The molecule has 2 aromatic rings. The average molecular weight is 238 g/mol. The van der Waals surface area contributed by atoms with E-state index in [9.17, 15) is 4.21 Å². The zero-order valence-electron chi connectivity index (χ0n) is 7.76. The van der Waals surface area contributed by atoms with Crippen LogP contribution in [0.15, 0.2) is 58.5 Å². The smallest absolute Gasteiger partial charge is 0.133 e. The molecule has 1 heterocycles. The molecular formula is C11H8ClNOS. The number of hydrogen-bond donors (Lipinski definition) is 0. The lowest BCUT2D eigenvalue weighted by Crippen LogP contribution is -1.95. The van der Waals surface area contributed by atoms with Gasteiger partial charge in [0.2, 0.25) is 0 Å². The lowest BCUT2D eigenvalue weighted by Gasteiger charge is -2.00. The van der Waals surface area contributed by atoms with E-state index in [4.69, 9.17) is 11.6 Å². The summed E-state index contributed by atoms with van der Waals surface area (Å²) in [6.45, 7) is 0. The summed E-state index contributed by atoms with van der Waals surface area (Å²) < 4.78 is 12.0. The molecule has 0 aliphatic heterocycles. The minimum atomic E-state index is -1.25. The van der Waals surface area contributed by atoms with Crippen molar-refractivity contribution in [3.8, 4) is 0 Å². The number of aromatic nitrogens is 1. The van der Waals surface area contributed by atoms with Gasteiger partial charge in [-0.25, -0.2) is 9.19 Å². The van der Waals surface area contributed by atoms with E-state index in [-0.39, 0.29) is 0 Å². The number of nitrogens with zero attached hydrogens (tertiary/aromatic N) is 1. The summed E-state index contributed by atoms with van der Waals surface area (Å²) in [5.74, 6) is 0. The normalized spacial score (nSPS) is 12.3. The fourth-order valence-electron chi connectivity index (χ4n) is 1.16. The first-order valence-corrected chi connectivity index (χ1v) is 5.89. The van der Waals surface area contributed by atoms with Crippen LogP contribution in [0.2, 0.25) is 5.15 Å². The SMILES string of the molecule is O=S(c1ccccc1)c1cccc(Cl)n1. The Bertz CT molecular complexity index is 487. The van der Waals surface area contributed by atoms with Crippen molar-refractivity contribution in [2.75, 3.05) is 0 Å². The highest BCUT2D eigenvalue weighted by Crippen LogP contribution is 2.15. The molecule has 0 aliphatic rings. The Hall–Kier alpha value is -1.19. The van der Waals surface area contributed by atoms with E-state index in [1.54, 1.807) is 30.3 Å². The maximum absolute atomic E-state index is 12.0. The van der Waals surface area contributed by atoms with Gasteiger partial charge >= 0.3 is 0 Å². The second-order valence-electron chi connectivity index (χ2n) is 2.88. The van der Waals surface area contributed by atoms with E-state index >= 15 is 0 Å². The second kappa shape index (κ2) is 4.55. The van der Waals surface area contributed by atoms with Crippen LogP contribution in [0.5, 0.6) is 0 Å². The predicted molar refractivity (Wildman–Crippen MR) is 60.4 cm³/mol. The number of pyridine rings is 1. The number of hydrogen-bond acceptors (Lipinski definition) is 2. The van der Waals surface area contributed by atoms with Crippen LogP contribution in [0.25, 0.3) is 0 Å². The number of rotatable bonds is 2. The monoisotopic (exact) mass is 237 g/mol. The molecule has 1 atom stereocenters. The van der Waals surface area contributed by atoms with Crippen LogP contribution < -0.4 is 0 Å². The Morgan fingerprint density at radius 2 is 1.73 bits per heavy atom. The van der Waals surface area contributed by atoms with Gasteiger partial charge in [0.25, 0.3) is 0 Å². The first-order valence-electron chi connectivity index (χ1n) is 4.37. The summed E-state index contributed by atoms with van der Waals surface area (Å²) in [5, 5.41) is 0.838. The van der Waals surface area contributed by atoms with E-state index in [2.05, 4.69) is 4.98 Å². The summed E-state index contributed by atoms with van der Waals surface area (Å²) >= 11 is 5.73. The molecule has 0 bridgehead atoms. The Labute approximate surface area is 95.4 Å². The molecular weight excluding hydrogens is 230 g/mol. The van der Waals surface area contributed by atoms with Crippen LogP contribution in [0, 0.1) is 0 Å². The van der Waals surface area contributed by atoms with Crippen molar-refractivity contribution in [1.29, 1.82) is 0 Å². The first-order chi connectivity index (χ1) is 7.27. The van der Waals surface area contributed by atoms with E-state index in [1.807, 2.05) is 18.2 Å². The molecule has 0 radical (unpaired) electrons. The fourth-order valence-corrected chi connectivity index (χ4v) is 2.40. The molecule has 0 fully saturated rings. The van der Waals surface area contributed by atoms with Crippen molar-refractivity contribution in [2.45, 2.75) is 9.92 Å². The van der Waals surface area contributed by atoms with Gasteiger partial charge in [0.1, 0.15) is 21.0 Å². The highest BCUT2D eigenvalue weighted by atomic mass is 35.5. The van der Waals surface area contributed by atoms with Gasteiger partial charge in [-0.1, -0.05) is 35.9 Å². The summed E-state index contributed by atoms with van der Waals surface area (Å²) in [4.78, 5) is 4.74. The van der Waals surface area contributed by atoms with Gasteiger partial charge in [0.15, 0.2) is 0 Å². The van der Waals surface area contributed by atoms with Crippen LogP contribution in [0.4, 0.5) is 0 Å². The molecule has 0 saturated heterocycles. The van der Waals surface area contributed by atoms with Crippen molar-refractivity contribution in [3.63, 3.8) is 0 Å². The zero-order chi connectivity index (χ0) is 10.7. The molecule has 2 rings (SSSR count). The molecule has 4 heteroatoms. The van der Waals surface area contributed by atoms with Crippen LogP contribution in [0.3, 0.4) is 0 Å². The highest BCUT2D eigenvalue weighted by Gasteiger charge is 2.07. The minimum Gasteiger partial charge on any atom is -0.247 e. The molecule has 0 amide bonds. The quantitative estimate of drug-likeness (QED) is 0.752. The third-order valence-corrected chi connectivity index (χ3v) is 3.35. The summed E-state index contributed by atoms with van der Waals surface area (Å²) in [6.07, 6.45) is 0. The average Bonchev–Trinajstić information content (AvgIpc) is 2.29. The highest BCUT2D eigenvalue weighted by molar-refractivity contribution is 7.85. The Kier molecular flexibility index (Phi) is 3.14. The molecule has 1 aromatic carbocycles. The zero-order valence-corrected chi connectivity index (χ0v) is 9.33. The largest absolute Gasteiger partial charge is 0.247 e. The Morgan fingerprint density at radius 3 is 2.40 bits per heavy atom. The van der Waals surface area contributed by atoms with Gasteiger partial charge in [-0.05, 0) is 24.3 Å². The van der Waals surface area contributed by atoms with Crippen LogP contribution in [-0.2, 0) is 10.8 Å². The third kappa shape index (κ3) is 2.43. The topological polar surface area (TPSA) is 30.0 Å². The maximum Gasteiger partial charge on any atom is 0.133 e. The lowest BCUT2D eigenvalue weighted by atomic mass is 10.4. The van der Waals surface area contributed by atoms with E-state index in [0.29, 0.717) is 10.2 Å². The van der Waals surface area contributed by atoms with E-state index in [1.165, 1.54) is 0 Å². The van der Waals surface area contributed by atoms with Gasteiger partial charge in [-0.15, -0.1) is 0 Å². The van der Waals surface area contributed by atoms with Gasteiger partial charge in [-0.2, -0.15) is 0 Å². The van der Waals surface area contributed by atoms with Crippen LogP contribution in [0.1, 0.15) is 0 Å². The Balaban J connectivity index is 2.37. The summed E-state index contributed by atoms with van der Waals surface area (Å²) in [6, 6.07) is 14.3. The lowest BCUT2D eigenvalue weighted by molar-refractivity contribution is 0.680. The van der Waals surface area contributed by atoms with Gasteiger partial charge in [-0.3, -0.25) is 0 Å². The maximum atomic E-state index is 12.0. The predicted octanol–water partition coefficient (Wildman–Crippen LogP) is 2.90. The molecule has 0 spiro atoms. The van der Waals surface area contributed by atoms with Gasteiger partial charge in [0.05, 0.1) is 0 Å². The van der Waals surface area contributed by atoms with Crippen LogP contribution in [-0.4, -0.2) is 9.19 Å². The Morgan fingerprint density at radius 1 is 1.00 bits per heavy atom. The molecule has 1 aromatic heterocycles. The van der Waals surface area contributed by atoms with E-state index in [0.717, 1.165) is 4.90 Å². The van der Waals surface area contributed by atoms with E-state index < -0.39 is 10.8 Å². The van der Waals surface area contributed by atoms with Gasteiger partial charge < -0.3 is 0 Å². The molecule has 0 saturated carbocycles. The second-order valence-corrected chi connectivity index (χ2v) is 4.69. The number of halogens is 1. The minimum absolute atomic E-state index is 0.358. The molecule has 2 nitrogen and oxygen atoms in total. The third-order valence-electron chi connectivity index (χ3n) is 1.84. The summed E-state index contributed by atoms with van der Waals surface area (Å²) in [7, 11) is -1.25. The van der Waals surface area contributed by atoms with Crippen LogP contribution >= 0.6 is 11.6 Å². The molecule has 0 aliphatic carbocycles. The fraction of sp³-hybridized carbons (Fsp3) is 0. The van der Waals surface area contributed by atoms with Crippen molar-refractivity contribution < 1.29 is 4.21 Å². The standard InChI is InChI=1S/C11H8ClNOS/c12-10-7-4-8-11(13-10)15(14)9-5-2-1-3-6-9/h1-8H. The van der Waals surface area contributed by atoms with Crippen molar-refractivity contribution in [2.24, 2.45) is 0 Å². The van der Waals surface area contributed by atoms with Gasteiger partial charge in [0, 0.05) is 4.90 Å². The van der Waals surface area contributed by atoms with Crippen molar-refractivity contribution in [3.05, 3.63) is 53.7 Å². The summed E-state index contributed by atoms with van der Waals surface area (Å²) in [5.41, 5.74) is 0. The molecule has 1 unspecified atom stereocenters. The first kappa shape index (κ1) is 10.3. The van der Waals surface area contributed by atoms with Crippen molar-refractivity contribution >= 4 is 22.4 Å². The number of benzene rings is 1.